The molecule has 3 atom stereocenters. The third kappa shape index (κ3) is 3.13. The Hall–Kier alpha value is -1.56. The standard InChI is InChI=1S/C20H26BrNO4/c1-19(2)12-7-8-20(19,3)16(9-12)22-17(23)11-26-18(24)14-10-13(25-4)5-6-15(14)21/h5-6,10,12,16H,7-9,11H2,1-4H3,(H,22,23). The van der Waals surface area contributed by atoms with Crippen molar-refractivity contribution in [2.24, 2.45) is 16.7 Å². The van der Waals surface area contributed by atoms with Gasteiger partial charge in [-0.25, -0.2) is 4.79 Å². The number of nitrogens with one attached hydrogen (secondary N) is 1. The Morgan fingerprint density at radius 2 is 2.04 bits per heavy atom. The smallest absolute Gasteiger partial charge is 0.339 e. The maximum absolute atomic E-state index is 12.3. The van der Waals surface area contributed by atoms with Crippen molar-refractivity contribution in [3.05, 3.63) is 28.2 Å². The molecule has 0 saturated heterocycles. The van der Waals surface area contributed by atoms with Gasteiger partial charge in [0, 0.05) is 10.5 Å². The lowest BCUT2D eigenvalue weighted by Gasteiger charge is -2.39. The van der Waals surface area contributed by atoms with Crippen molar-refractivity contribution in [1.29, 1.82) is 0 Å². The molecule has 142 valence electrons. The lowest BCUT2D eigenvalue weighted by atomic mass is 9.69. The fourth-order valence-electron chi connectivity index (χ4n) is 4.65. The van der Waals surface area contributed by atoms with Gasteiger partial charge in [0.25, 0.3) is 5.91 Å². The number of hydrogen-bond acceptors (Lipinski definition) is 4. The number of halogens is 1. The minimum atomic E-state index is -0.551. The van der Waals surface area contributed by atoms with Gasteiger partial charge in [-0.15, -0.1) is 0 Å². The van der Waals surface area contributed by atoms with E-state index < -0.39 is 5.97 Å². The summed E-state index contributed by atoms with van der Waals surface area (Å²) in [5.41, 5.74) is 0.672. The maximum atomic E-state index is 12.3. The van der Waals surface area contributed by atoms with Crippen LogP contribution in [0.15, 0.2) is 22.7 Å². The first-order chi connectivity index (χ1) is 12.2. The molecular weight excluding hydrogens is 398 g/mol. The van der Waals surface area contributed by atoms with Crippen molar-refractivity contribution in [3.8, 4) is 5.75 Å². The van der Waals surface area contributed by atoms with Gasteiger partial charge in [0.15, 0.2) is 6.61 Å². The topological polar surface area (TPSA) is 64.6 Å². The molecule has 26 heavy (non-hydrogen) atoms. The van der Waals surface area contributed by atoms with Crippen LogP contribution in [-0.2, 0) is 9.53 Å². The second-order valence-corrected chi connectivity index (χ2v) is 9.01. The van der Waals surface area contributed by atoms with Crippen LogP contribution in [0.1, 0.15) is 50.4 Å². The highest BCUT2D eigenvalue weighted by molar-refractivity contribution is 9.10. The summed E-state index contributed by atoms with van der Waals surface area (Å²) < 4.78 is 10.9. The monoisotopic (exact) mass is 423 g/mol. The van der Waals surface area contributed by atoms with Gasteiger partial charge in [-0.05, 0) is 70.1 Å². The fraction of sp³-hybridized carbons (Fsp3) is 0.600. The zero-order valence-electron chi connectivity index (χ0n) is 15.7. The number of amides is 1. The van der Waals surface area contributed by atoms with E-state index in [1.54, 1.807) is 18.2 Å². The predicted octanol–water partition coefficient (Wildman–Crippen LogP) is 3.95. The van der Waals surface area contributed by atoms with Gasteiger partial charge in [-0.1, -0.05) is 20.8 Å². The van der Waals surface area contributed by atoms with E-state index in [9.17, 15) is 9.59 Å². The average molecular weight is 424 g/mol. The molecule has 3 rings (SSSR count). The van der Waals surface area contributed by atoms with Crippen LogP contribution in [0.25, 0.3) is 0 Å². The van der Waals surface area contributed by atoms with Gasteiger partial charge in [0.05, 0.1) is 12.7 Å². The van der Waals surface area contributed by atoms with Crippen LogP contribution in [0.5, 0.6) is 5.75 Å². The number of rotatable bonds is 5. The van der Waals surface area contributed by atoms with Crippen LogP contribution in [-0.4, -0.2) is 31.6 Å². The Balaban J connectivity index is 1.58. The Labute approximate surface area is 162 Å². The minimum absolute atomic E-state index is 0.104. The van der Waals surface area contributed by atoms with E-state index in [-0.39, 0.29) is 29.4 Å². The van der Waals surface area contributed by atoms with Crippen molar-refractivity contribution in [2.75, 3.05) is 13.7 Å². The molecule has 0 aliphatic heterocycles. The molecule has 0 spiro atoms. The highest BCUT2D eigenvalue weighted by Gasteiger charge is 2.61. The Kier molecular flexibility index (Phi) is 5.08. The highest BCUT2D eigenvalue weighted by atomic mass is 79.9. The van der Waals surface area contributed by atoms with Crippen molar-refractivity contribution in [1.82, 2.24) is 5.32 Å². The molecule has 2 saturated carbocycles. The molecule has 1 amide bonds. The summed E-state index contributed by atoms with van der Waals surface area (Å²) in [5.74, 6) is 0.409. The molecule has 6 heteroatoms. The molecule has 2 aliphatic rings. The molecule has 2 bridgehead atoms. The van der Waals surface area contributed by atoms with Crippen LogP contribution < -0.4 is 10.1 Å². The number of methoxy groups -OCH3 is 1. The fourth-order valence-corrected chi connectivity index (χ4v) is 5.06. The molecule has 2 aliphatic carbocycles. The number of carbonyl (C=O) groups excluding carboxylic acids is 2. The quantitative estimate of drug-likeness (QED) is 0.728. The molecular formula is C20H26BrNO4. The average Bonchev–Trinajstić information content (AvgIpc) is 2.93. The molecule has 1 aromatic carbocycles. The lowest BCUT2D eigenvalue weighted by molar-refractivity contribution is -0.126. The van der Waals surface area contributed by atoms with Gasteiger partial charge in [-0.2, -0.15) is 0 Å². The van der Waals surface area contributed by atoms with Gasteiger partial charge < -0.3 is 14.8 Å². The Bertz CT molecular complexity index is 733. The molecule has 0 radical (unpaired) electrons. The molecule has 2 fully saturated rings. The van der Waals surface area contributed by atoms with Crippen LogP contribution in [0.3, 0.4) is 0 Å². The number of carbonyl (C=O) groups is 2. The van der Waals surface area contributed by atoms with Crippen LogP contribution in [0.4, 0.5) is 0 Å². The Morgan fingerprint density at radius 3 is 2.62 bits per heavy atom. The number of hydrogen-bond donors (Lipinski definition) is 1. The van der Waals surface area contributed by atoms with Crippen molar-refractivity contribution in [3.63, 3.8) is 0 Å². The summed E-state index contributed by atoms with van der Waals surface area (Å²) in [5, 5.41) is 3.10. The third-order valence-electron chi connectivity index (χ3n) is 6.86. The summed E-state index contributed by atoms with van der Waals surface area (Å²) in [6.45, 7) is 6.60. The Morgan fingerprint density at radius 1 is 1.31 bits per heavy atom. The SMILES string of the molecule is COc1ccc(Br)c(C(=O)OCC(=O)NC2CC3CCC2(C)C3(C)C)c1. The first-order valence-corrected chi connectivity index (χ1v) is 9.78. The van der Waals surface area contributed by atoms with E-state index in [2.05, 4.69) is 42.0 Å². The third-order valence-corrected chi connectivity index (χ3v) is 7.55. The summed E-state index contributed by atoms with van der Waals surface area (Å²) in [4.78, 5) is 24.6. The lowest BCUT2D eigenvalue weighted by Crippen LogP contribution is -2.48. The van der Waals surface area contributed by atoms with Gasteiger partial charge in [-0.3, -0.25) is 4.79 Å². The minimum Gasteiger partial charge on any atom is -0.497 e. The van der Waals surface area contributed by atoms with Gasteiger partial charge in [0.2, 0.25) is 0 Å². The summed E-state index contributed by atoms with van der Waals surface area (Å²) >= 11 is 3.32. The first-order valence-electron chi connectivity index (χ1n) is 8.99. The van der Waals surface area contributed by atoms with Crippen molar-refractivity contribution >= 4 is 27.8 Å². The zero-order valence-corrected chi connectivity index (χ0v) is 17.3. The van der Waals surface area contributed by atoms with Crippen LogP contribution in [0, 0.1) is 16.7 Å². The van der Waals surface area contributed by atoms with Crippen LogP contribution >= 0.6 is 15.9 Å². The normalized spacial score (nSPS) is 28.7. The van der Waals surface area contributed by atoms with E-state index in [4.69, 9.17) is 9.47 Å². The number of benzene rings is 1. The van der Waals surface area contributed by atoms with Crippen LogP contribution in [0.2, 0.25) is 0 Å². The van der Waals surface area contributed by atoms with Crippen molar-refractivity contribution in [2.45, 2.75) is 46.1 Å². The van der Waals surface area contributed by atoms with Crippen molar-refractivity contribution < 1.29 is 19.1 Å². The highest BCUT2D eigenvalue weighted by Crippen LogP contribution is 2.65. The number of esters is 1. The van der Waals surface area contributed by atoms with Gasteiger partial charge in [0.1, 0.15) is 5.75 Å². The second-order valence-electron chi connectivity index (χ2n) is 8.15. The summed E-state index contributed by atoms with van der Waals surface area (Å²) in [6, 6.07) is 5.19. The zero-order chi connectivity index (χ0) is 19.1. The molecule has 0 heterocycles. The summed E-state index contributed by atoms with van der Waals surface area (Å²) in [6.07, 6.45) is 3.37. The predicted molar refractivity (Wildman–Crippen MR) is 102 cm³/mol. The van der Waals surface area contributed by atoms with Gasteiger partial charge >= 0.3 is 5.97 Å². The maximum Gasteiger partial charge on any atom is 0.339 e. The molecule has 3 unspecified atom stereocenters. The van der Waals surface area contributed by atoms with E-state index in [0.29, 0.717) is 21.7 Å². The molecule has 5 nitrogen and oxygen atoms in total. The van der Waals surface area contributed by atoms with E-state index in [1.165, 1.54) is 13.5 Å². The van der Waals surface area contributed by atoms with E-state index in [1.807, 2.05) is 0 Å². The molecule has 1 N–H and O–H groups in total. The largest absolute Gasteiger partial charge is 0.497 e. The molecule has 0 aromatic heterocycles. The van der Waals surface area contributed by atoms with E-state index in [0.717, 1.165) is 12.8 Å². The number of fused-ring (bicyclic) bond motifs is 2. The second kappa shape index (κ2) is 6.87. The summed E-state index contributed by atoms with van der Waals surface area (Å²) in [7, 11) is 1.53. The van der Waals surface area contributed by atoms with E-state index >= 15 is 0 Å². The first kappa shape index (κ1) is 19.2. The molecule has 1 aromatic rings. The number of ether oxygens (including phenoxy) is 2.